The zero-order chi connectivity index (χ0) is 17.9. The van der Waals surface area contributed by atoms with E-state index in [0.29, 0.717) is 12.0 Å². The van der Waals surface area contributed by atoms with Gasteiger partial charge in [0.2, 0.25) is 0 Å². The van der Waals surface area contributed by atoms with Crippen LogP contribution < -0.4 is 0 Å². The molecule has 1 aliphatic heterocycles. The molecule has 4 aliphatic rings. The summed E-state index contributed by atoms with van der Waals surface area (Å²) < 4.78 is 16.8. The minimum absolute atomic E-state index is 0.0608. The average molecular weight is 348 g/mol. The van der Waals surface area contributed by atoms with Gasteiger partial charge in [-0.25, -0.2) is 4.79 Å². The molecule has 0 radical (unpaired) electrons. The van der Waals surface area contributed by atoms with E-state index in [4.69, 9.17) is 14.2 Å². The van der Waals surface area contributed by atoms with Crippen LogP contribution in [0.2, 0.25) is 0 Å². The van der Waals surface area contributed by atoms with Gasteiger partial charge < -0.3 is 14.2 Å². The summed E-state index contributed by atoms with van der Waals surface area (Å²) in [6, 6.07) is 0. The van der Waals surface area contributed by atoms with Crippen LogP contribution in [0.15, 0.2) is 12.2 Å². The molecule has 3 aliphatic carbocycles. The number of esters is 3. The first-order valence-corrected chi connectivity index (χ1v) is 9.10. The van der Waals surface area contributed by atoms with E-state index in [-0.39, 0.29) is 23.8 Å². The quantitative estimate of drug-likeness (QED) is 0.440. The maximum Gasteiger partial charge on any atom is 0.333 e. The second-order valence-corrected chi connectivity index (χ2v) is 8.24. The van der Waals surface area contributed by atoms with Gasteiger partial charge in [0.15, 0.2) is 0 Å². The largest absolute Gasteiger partial charge is 0.459 e. The molecule has 6 nitrogen and oxygen atoms in total. The highest BCUT2D eigenvalue weighted by atomic mass is 16.6. The Labute approximate surface area is 146 Å². The first-order valence-electron chi connectivity index (χ1n) is 9.10. The molecular weight excluding hydrogens is 324 g/mol. The second-order valence-electron chi connectivity index (χ2n) is 8.24. The van der Waals surface area contributed by atoms with E-state index in [0.717, 1.165) is 25.7 Å². The average Bonchev–Trinajstić information content (AvgIpc) is 3.24. The molecule has 25 heavy (non-hydrogen) atoms. The van der Waals surface area contributed by atoms with E-state index in [1.807, 2.05) is 6.92 Å². The molecule has 4 fully saturated rings. The van der Waals surface area contributed by atoms with Gasteiger partial charge in [-0.15, -0.1) is 0 Å². The first kappa shape index (κ1) is 16.6. The van der Waals surface area contributed by atoms with Crippen molar-refractivity contribution in [3.05, 3.63) is 12.2 Å². The summed E-state index contributed by atoms with van der Waals surface area (Å²) in [7, 11) is 0. The van der Waals surface area contributed by atoms with Crippen LogP contribution in [0, 0.1) is 23.7 Å². The highest BCUT2D eigenvalue weighted by molar-refractivity contribution is 5.88. The third kappa shape index (κ3) is 2.49. The van der Waals surface area contributed by atoms with Crippen LogP contribution in [-0.4, -0.2) is 35.7 Å². The SMILES string of the molecule is C=C(C)C(=O)OC1C2CC3C1OC(=O)C3C2C(=O)OC1(C)CCCC1. The van der Waals surface area contributed by atoms with Crippen molar-refractivity contribution < 1.29 is 28.6 Å². The van der Waals surface area contributed by atoms with Gasteiger partial charge in [-0.05, 0) is 46.0 Å². The van der Waals surface area contributed by atoms with Crippen molar-refractivity contribution in [1.82, 2.24) is 0 Å². The molecule has 0 aromatic rings. The fourth-order valence-electron chi connectivity index (χ4n) is 5.23. The molecule has 0 aromatic heterocycles. The van der Waals surface area contributed by atoms with E-state index in [2.05, 4.69) is 6.58 Å². The van der Waals surface area contributed by atoms with Crippen LogP contribution in [0.1, 0.15) is 46.0 Å². The summed E-state index contributed by atoms with van der Waals surface area (Å²) in [5.41, 5.74) is -0.147. The molecular formula is C19H24O6. The third-order valence-electron chi connectivity index (χ3n) is 6.42. The zero-order valence-electron chi connectivity index (χ0n) is 14.7. The van der Waals surface area contributed by atoms with Crippen molar-refractivity contribution >= 4 is 17.9 Å². The van der Waals surface area contributed by atoms with Gasteiger partial charge >= 0.3 is 17.9 Å². The smallest absolute Gasteiger partial charge is 0.333 e. The van der Waals surface area contributed by atoms with Gasteiger partial charge in [0.25, 0.3) is 0 Å². The van der Waals surface area contributed by atoms with Crippen molar-refractivity contribution in [3.63, 3.8) is 0 Å². The summed E-state index contributed by atoms with van der Waals surface area (Å²) in [4.78, 5) is 37.2. The van der Waals surface area contributed by atoms with Gasteiger partial charge in [0.05, 0.1) is 11.8 Å². The van der Waals surface area contributed by atoms with Crippen molar-refractivity contribution in [3.8, 4) is 0 Å². The Hall–Kier alpha value is -1.85. The van der Waals surface area contributed by atoms with E-state index in [9.17, 15) is 14.4 Å². The lowest BCUT2D eigenvalue weighted by Gasteiger charge is -2.33. The minimum atomic E-state index is -0.578. The highest BCUT2D eigenvalue weighted by Crippen LogP contribution is 2.59. The van der Waals surface area contributed by atoms with Crippen LogP contribution in [0.3, 0.4) is 0 Å². The molecule has 0 aromatic carbocycles. The predicted octanol–water partition coefficient (Wildman–Crippen LogP) is 2.16. The van der Waals surface area contributed by atoms with Crippen LogP contribution in [0.25, 0.3) is 0 Å². The van der Waals surface area contributed by atoms with Crippen LogP contribution in [-0.2, 0) is 28.6 Å². The summed E-state index contributed by atoms with van der Waals surface area (Å²) in [5, 5.41) is 0. The molecule has 4 rings (SSSR count). The summed E-state index contributed by atoms with van der Waals surface area (Å²) >= 11 is 0. The Balaban J connectivity index is 1.56. The van der Waals surface area contributed by atoms with Gasteiger partial charge in [-0.2, -0.15) is 0 Å². The molecule has 6 atom stereocenters. The number of carbonyl (C=O) groups is 3. The van der Waals surface area contributed by atoms with Gasteiger partial charge in [0.1, 0.15) is 17.8 Å². The maximum absolute atomic E-state index is 12.9. The number of ether oxygens (including phenoxy) is 3. The van der Waals surface area contributed by atoms with Gasteiger partial charge in [0, 0.05) is 17.4 Å². The Bertz CT molecular complexity index is 646. The maximum atomic E-state index is 12.9. The first-order chi connectivity index (χ1) is 11.8. The topological polar surface area (TPSA) is 78.9 Å². The van der Waals surface area contributed by atoms with Crippen molar-refractivity contribution in [2.75, 3.05) is 0 Å². The predicted molar refractivity (Wildman–Crippen MR) is 86.1 cm³/mol. The number of hydrogen-bond acceptors (Lipinski definition) is 6. The molecule has 2 bridgehead atoms. The third-order valence-corrected chi connectivity index (χ3v) is 6.42. The van der Waals surface area contributed by atoms with Crippen LogP contribution in [0.5, 0.6) is 0 Å². The second kappa shape index (κ2) is 5.58. The Kier molecular flexibility index (Phi) is 3.71. The summed E-state index contributed by atoms with van der Waals surface area (Å²) in [6.07, 6.45) is 3.45. The lowest BCUT2D eigenvalue weighted by molar-refractivity contribution is -0.172. The fraction of sp³-hybridized carbons (Fsp3) is 0.737. The zero-order valence-corrected chi connectivity index (χ0v) is 14.7. The fourth-order valence-corrected chi connectivity index (χ4v) is 5.23. The van der Waals surface area contributed by atoms with E-state index in [1.165, 1.54) is 0 Å². The lowest BCUT2D eigenvalue weighted by Crippen LogP contribution is -2.45. The van der Waals surface area contributed by atoms with E-state index < -0.39 is 35.6 Å². The van der Waals surface area contributed by atoms with Gasteiger partial charge in [-0.3, -0.25) is 9.59 Å². The molecule has 3 saturated carbocycles. The lowest BCUT2D eigenvalue weighted by atomic mass is 9.78. The minimum Gasteiger partial charge on any atom is -0.459 e. The van der Waals surface area contributed by atoms with E-state index >= 15 is 0 Å². The molecule has 1 saturated heterocycles. The monoisotopic (exact) mass is 348 g/mol. The van der Waals surface area contributed by atoms with Crippen molar-refractivity contribution in [1.29, 1.82) is 0 Å². The van der Waals surface area contributed by atoms with Crippen molar-refractivity contribution in [2.45, 2.75) is 63.8 Å². The van der Waals surface area contributed by atoms with Crippen LogP contribution in [0.4, 0.5) is 0 Å². The number of carbonyl (C=O) groups excluding carboxylic acids is 3. The standard InChI is InChI=1S/C19H24O6/c1-9(2)16(20)23-14-11-8-10-12(17(21)24-15(10)14)13(11)18(22)25-19(3)6-4-5-7-19/h10-15H,1,4-8H2,2-3H3. The molecule has 136 valence electrons. The molecule has 6 heteroatoms. The highest BCUT2D eigenvalue weighted by Gasteiger charge is 2.70. The Morgan fingerprint density at radius 3 is 2.56 bits per heavy atom. The molecule has 6 unspecified atom stereocenters. The molecule has 1 heterocycles. The number of fused-ring (bicyclic) bond motifs is 1. The molecule has 0 N–H and O–H groups in total. The molecule has 0 spiro atoms. The Morgan fingerprint density at radius 2 is 1.92 bits per heavy atom. The molecule has 0 amide bonds. The number of hydrogen-bond donors (Lipinski definition) is 0. The number of rotatable bonds is 4. The van der Waals surface area contributed by atoms with Crippen LogP contribution >= 0.6 is 0 Å². The Morgan fingerprint density at radius 1 is 1.24 bits per heavy atom. The van der Waals surface area contributed by atoms with Gasteiger partial charge in [-0.1, -0.05) is 6.58 Å². The van der Waals surface area contributed by atoms with Crippen molar-refractivity contribution in [2.24, 2.45) is 23.7 Å². The van der Waals surface area contributed by atoms with E-state index in [1.54, 1.807) is 6.92 Å². The normalized spacial score (nSPS) is 40.0. The summed E-state index contributed by atoms with van der Waals surface area (Å²) in [6.45, 7) is 7.13. The summed E-state index contributed by atoms with van der Waals surface area (Å²) in [5.74, 6) is -2.50.